The first-order chi connectivity index (χ1) is 26.1. The quantitative estimate of drug-likeness (QED) is 0.158. The van der Waals surface area contributed by atoms with Crippen molar-refractivity contribution in [1.29, 1.82) is 0 Å². The normalized spacial score (nSPS) is 47.1. The minimum Gasteiger partial charge on any atom is -0.466 e. The van der Waals surface area contributed by atoms with E-state index in [0.29, 0.717) is 0 Å². The number of fused-ring (bicyclic) bond motifs is 6. The molecule has 6 fully saturated rings. The van der Waals surface area contributed by atoms with Crippen LogP contribution in [0.5, 0.6) is 0 Å². The monoisotopic (exact) mass is 982 g/mol. The molecule has 4 nitrogen and oxygen atoms in total. The van der Waals surface area contributed by atoms with Crippen LogP contribution in [0.3, 0.4) is 0 Å². The predicted octanol–water partition coefficient (Wildman–Crippen LogP) is 8.57. The van der Waals surface area contributed by atoms with E-state index < -0.39 is 134 Å². The van der Waals surface area contributed by atoms with Gasteiger partial charge in [0.1, 0.15) is 0 Å². The van der Waals surface area contributed by atoms with Gasteiger partial charge < -0.3 is 4.74 Å². The van der Waals surface area contributed by atoms with Gasteiger partial charge in [0.15, 0.2) is 0 Å². The molecule has 0 radical (unpaired) electrons. The van der Waals surface area contributed by atoms with Crippen LogP contribution < -0.4 is 0 Å². The SMILES string of the molecule is COC(=O)C1(F)C(F)(F)C2(F)C(F)(F)C(F)(F)C1(F)C2(F)F.O=C(F)C1(F)C(F)(F)C2(F)C(F)(F)C(F)(F)C1(F)C2(F)F.O=C1C(F)(F)C2(F)C(F)(F)C(F)(F)C1(F)C2(F)F. The lowest BCUT2D eigenvalue weighted by atomic mass is 9.75. The molecule has 61 heavy (non-hydrogen) atoms. The predicted molar refractivity (Wildman–Crippen MR) is 113 cm³/mol. The number of alkyl halides is 32. The highest BCUT2D eigenvalue weighted by Gasteiger charge is 3.20. The summed E-state index contributed by atoms with van der Waals surface area (Å²) in [4.78, 5) is 31.4. The molecule has 0 aromatic carbocycles. The highest BCUT2D eigenvalue weighted by atomic mass is 19.4. The highest BCUT2D eigenvalue weighted by Crippen LogP contribution is 2.85. The van der Waals surface area contributed by atoms with Gasteiger partial charge in [-0.1, -0.05) is 0 Å². The summed E-state index contributed by atoms with van der Waals surface area (Å²) in [5.74, 6) is -89.7. The number of ether oxygens (including phenoxy) is 1. The van der Waals surface area contributed by atoms with Crippen LogP contribution in [0.2, 0.25) is 0 Å². The smallest absolute Gasteiger partial charge is 0.360 e. The summed E-state index contributed by atoms with van der Waals surface area (Å²) in [6.07, 6.45) is 0. The number of rotatable bonds is 2. The van der Waals surface area contributed by atoms with Gasteiger partial charge in [-0.05, 0) is 0 Å². The van der Waals surface area contributed by atoms with E-state index in [9.17, 15) is 159 Å². The third kappa shape index (κ3) is 3.45. The zero-order valence-corrected chi connectivity index (χ0v) is 26.6. The van der Waals surface area contributed by atoms with Crippen LogP contribution in [0.25, 0.3) is 0 Å². The average molecular weight is 982 g/mol. The van der Waals surface area contributed by atoms with E-state index in [1.807, 2.05) is 0 Å². The van der Waals surface area contributed by atoms with E-state index in [0.717, 1.165) is 0 Å². The molecule has 6 aliphatic carbocycles. The van der Waals surface area contributed by atoms with Crippen LogP contribution in [-0.2, 0) is 19.1 Å². The van der Waals surface area contributed by atoms with E-state index in [-0.39, 0.29) is 7.11 Å². The van der Waals surface area contributed by atoms with Crippen molar-refractivity contribution in [1.82, 2.24) is 0 Å². The van der Waals surface area contributed by atoms with E-state index in [4.69, 9.17) is 0 Å². The number of hydrogen-bond acceptors (Lipinski definition) is 4. The minimum atomic E-state index is -7.15. The van der Waals surface area contributed by atoms with Crippen molar-refractivity contribution in [2.45, 2.75) is 116 Å². The number of carbonyl (C=O) groups is 3. The van der Waals surface area contributed by atoms with Crippen molar-refractivity contribution in [3.63, 3.8) is 0 Å². The van der Waals surface area contributed by atoms with Crippen molar-refractivity contribution in [2.75, 3.05) is 7.11 Å². The van der Waals surface area contributed by atoms with Gasteiger partial charge in [0.2, 0.25) is 0 Å². The molecule has 0 N–H and O–H groups in total. The summed E-state index contributed by atoms with van der Waals surface area (Å²) in [5.41, 5.74) is -54.2. The van der Waals surface area contributed by atoms with E-state index in [1.54, 1.807) is 0 Å². The summed E-state index contributed by atoms with van der Waals surface area (Å²) in [7, 11) is -0.00553. The van der Waals surface area contributed by atoms with Crippen LogP contribution in [0.1, 0.15) is 0 Å². The van der Waals surface area contributed by atoms with E-state index >= 15 is 0 Å². The molecule has 0 spiro atoms. The first kappa shape index (κ1) is 50.1. The van der Waals surface area contributed by atoms with Crippen molar-refractivity contribution in [2.24, 2.45) is 0 Å². The molecule has 0 aromatic rings. The third-order valence-electron chi connectivity index (χ3n) is 10.8. The fraction of sp³-hybridized carbons (Fsp3) is 0.875. The maximum Gasteiger partial charge on any atom is 0.360 e. The van der Waals surface area contributed by atoms with Crippen LogP contribution >= 0.6 is 0 Å². The summed E-state index contributed by atoms with van der Waals surface area (Å²) in [5, 5.41) is 0. The first-order valence-corrected chi connectivity index (χ1v) is 14.0. The molecular formula is C24H3F33O4. The molecule has 6 aliphatic rings. The molecule has 0 heterocycles. The topological polar surface area (TPSA) is 60.4 Å². The number of methoxy groups -OCH3 is 1. The lowest BCUT2D eigenvalue weighted by molar-refractivity contribution is -0.370. The number of ketones is 1. The van der Waals surface area contributed by atoms with Gasteiger partial charge in [0, 0.05) is 0 Å². The fourth-order valence-electron chi connectivity index (χ4n) is 7.47. The van der Waals surface area contributed by atoms with Crippen molar-refractivity contribution in [3.8, 4) is 0 Å². The molecule has 0 amide bonds. The van der Waals surface area contributed by atoms with Crippen molar-refractivity contribution < 1.29 is 164 Å². The molecule has 354 valence electrons. The number of carbonyl (C=O) groups excluding carboxylic acids is 3. The zero-order valence-electron chi connectivity index (χ0n) is 26.6. The Hall–Kier alpha value is -3.50. The van der Waals surface area contributed by atoms with Crippen molar-refractivity contribution >= 4 is 17.8 Å². The molecule has 6 rings (SSSR count). The molecule has 8 unspecified atom stereocenters. The molecular weight excluding hydrogens is 979 g/mol. The maximum atomic E-state index is 14.0. The fourth-order valence-corrected chi connectivity index (χ4v) is 7.47. The Bertz CT molecular complexity index is 2000. The van der Waals surface area contributed by atoms with E-state index in [1.165, 1.54) is 0 Å². The van der Waals surface area contributed by atoms with Gasteiger partial charge in [-0.25, -0.2) is 39.9 Å². The van der Waals surface area contributed by atoms with Crippen LogP contribution in [0, 0.1) is 0 Å². The minimum absolute atomic E-state index is 0.00553. The van der Waals surface area contributed by atoms with Gasteiger partial charge in [-0.2, -0.15) is 110 Å². The lowest BCUT2D eigenvalue weighted by Crippen LogP contribution is -2.78. The van der Waals surface area contributed by atoms with Gasteiger partial charge >= 0.3 is 117 Å². The lowest BCUT2D eigenvalue weighted by Gasteiger charge is -2.44. The average Bonchev–Trinajstić information content (AvgIpc) is 3.38. The molecule has 0 saturated heterocycles. The molecule has 0 aliphatic heterocycles. The largest absolute Gasteiger partial charge is 0.466 e. The van der Waals surface area contributed by atoms with Crippen LogP contribution in [0.4, 0.5) is 145 Å². The van der Waals surface area contributed by atoms with E-state index in [2.05, 4.69) is 4.74 Å². The maximum absolute atomic E-state index is 14.0. The second kappa shape index (κ2) is 10.9. The Labute approximate surface area is 306 Å². The molecule has 37 heteroatoms. The van der Waals surface area contributed by atoms with Gasteiger partial charge in [-0.15, -0.1) is 0 Å². The van der Waals surface area contributed by atoms with Gasteiger partial charge in [0.05, 0.1) is 7.11 Å². The first-order valence-electron chi connectivity index (χ1n) is 14.0. The highest BCUT2D eigenvalue weighted by molar-refractivity contribution is 6.03. The Morgan fingerprint density at radius 1 is 0.344 bits per heavy atom. The Morgan fingerprint density at radius 3 is 0.852 bits per heavy atom. The summed E-state index contributed by atoms with van der Waals surface area (Å²) >= 11 is 0. The molecule has 0 aromatic heterocycles. The van der Waals surface area contributed by atoms with Crippen LogP contribution in [-0.4, -0.2) is 141 Å². The standard InChI is InChI=1S/C9H3F11O2.C8F12O.C7F10O/c1-22-2(21)3(10)4(11)7(15,16)5(12,6(3,13)14)9(19,20)8(4,17)18;9-1(21)2(10)3(11)6(15,16)4(12,5(2,13)14)8(19,20)7(3,17)18;8-2-1(18)3(9,10)4(11,5(2,12)13)7(16,17)6(2,14)15/h1H3;;. The number of Topliss-reactive ketones (excluding diaryl/α,β-unsaturated/α-hetero) is 1. The second-order valence-electron chi connectivity index (χ2n) is 13.3. The second-order valence-corrected chi connectivity index (χ2v) is 13.3. The number of esters is 1. The molecule has 6 bridgehead atoms. The number of hydrogen-bond donors (Lipinski definition) is 0. The zero-order chi connectivity index (χ0) is 49.4. The Kier molecular flexibility index (Phi) is 8.94. The Morgan fingerprint density at radius 2 is 0.607 bits per heavy atom. The van der Waals surface area contributed by atoms with Gasteiger partial charge in [-0.3, -0.25) is 9.59 Å². The summed E-state index contributed by atoms with van der Waals surface area (Å²) in [6.45, 7) is 0. The van der Waals surface area contributed by atoms with Gasteiger partial charge in [0.25, 0.3) is 17.1 Å². The molecule has 6 saturated carbocycles. The Balaban J connectivity index is 0.000000202. The summed E-state index contributed by atoms with van der Waals surface area (Å²) in [6, 6.07) is -4.47. The third-order valence-corrected chi connectivity index (χ3v) is 10.8. The van der Waals surface area contributed by atoms with Crippen LogP contribution in [0.15, 0.2) is 0 Å². The summed E-state index contributed by atoms with van der Waals surface area (Å²) < 4.78 is 437. The molecule has 8 atom stereocenters. The number of halogens is 33. The van der Waals surface area contributed by atoms with Crippen molar-refractivity contribution in [3.05, 3.63) is 0 Å².